The van der Waals surface area contributed by atoms with Crippen molar-refractivity contribution in [3.05, 3.63) is 34.3 Å². The van der Waals surface area contributed by atoms with Crippen LogP contribution in [0.4, 0.5) is 0 Å². The zero-order valence-electron chi connectivity index (χ0n) is 7.11. The minimum atomic E-state index is -0.0625. The van der Waals surface area contributed by atoms with E-state index in [1.807, 2.05) is 24.3 Å². The maximum atomic E-state index is 8.68. The van der Waals surface area contributed by atoms with Gasteiger partial charge in [0.05, 0.1) is 0 Å². The van der Waals surface area contributed by atoms with Gasteiger partial charge in [-0.1, -0.05) is 28.1 Å². The molecule has 0 aromatic heterocycles. The molecule has 4 heteroatoms. The number of benzene rings is 1. The van der Waals surface area contributed by atoms with Crippen LogP contribution in [0.15, 0.2) is 28.7 Å². The second-order valence-corrected chi connectivity index (χ2v) is 3.59. The Kier molecular flexibility index (Phi) is 6.33. The normalized spacial score (nSPS) is 11.9. The van der Waals surface area contributed by atoms with Gasteiger partial charge in [-0.2, -0.15) is 0 Å². The fourth-order valence-corrected chi connectivity index (χ4v) is 1.46. The highest BCUT2D eigenvalue weighted by Crippen LogP contribution is 2.18. The summed E-state index contributed by atoms with van der Waals surface area (Å²) in [4.78, 5) is 0. The predicted molar refractivity (Wildman–Crippen MR) is 60.0 cm³/mol. The van der Waals surface area contributed by atoms with Gasteiger partial charge in [0.1, 0.15) is 0 Å². The van der Waals surface area contributed by atoms with E-state index < -0.39 is 0 Å². The zero-order valence-corrected chi connectivity index (χ0v) is 9.51. The summed E-state index contributed by atoms with van der Waals surface area (Å²) in [5, 5.41) is 8.68. The van der Waals surface area contributed by atoms with E-state index in [0.29, 0.717) is 6.42 Å². The molecule has 1 unspecified atom stereocenters. The van der Waals surface area contributed by atoms with Crippen LogP contribution in [0.5, 0.6) is 0 Å². The third kappa shape index (κ3) is 4.09. The van der Waals surface area contributed by atoms with Crippen LogP contribution in [-0.2, 0) is 0 Å². The van der Waals surface area contributed by atoms with Crippen molar-refractivity contribution in [1.29, 1.82) is 0 Å². The Balaban J connectivity index is 0.00000144. The second kappa shape index (κ2) is 6.38. The number of aliphatic hydroxyl groups is 1. The number of hydrogen-bond acceptors (Lipinski definition) is 2. The largest absolute Gasteiger partial charge is 0.396 e. The van der Waals surface area contributed by atoms with Gasteiger partial charge < -0.3 is 10.8 Å². The Morgan fingerprint density at radius 3 is 2.69 bits per heavy atom. The fourth-order valence-electron chi connectivity index (χ4n) is 1.04. The summed E-state index contributed by atoms with van der Waals surface area (Å²) in [6, 6.07) is 7.77. The smallest absolute Gasteiger partial charge is 0.0449 e. The number of rotatable bonds is 3. The van der Waals surface area contributed by atoms with Gasteiger partial charge in [-0.15, -0.1) is 12.4 Å². The molecule has 1 atom stereocenters. The summed E-state index contributed by atoms with van der Waals surface area (Å²) >= 11 is 3.36. The molecule has 1 rings (SSSR count). The van der Waals surface area contributed by atoms with E-state index in [9.17, 15) is 0 Å². The lowest BCUT2D eigenvalue weighted by atomic mass is 10.1. The Bertz CT molecular complexity index is 257. The SMILES string of the molecule is Cl.NC(CCO)c1cccc(Br)c1. The molecule has 0 saturated heterocycles. The predicted octanol–water partition coefficient (Wildman–Crippen LogP) is 2.25. The van der Waals surface area contributed by atoms with Gasteiger partial charge in [0.15, 0.2) is 0 Å². The minimum absolute atomic E-state index is 0. The number of nitrogens with two attached hydrogens (primary N) is 1. The molecule has 0 amide bonds. The highest BCUT2D eigenvalue weighted by Gasteiger charge is 2.04. The standard InChI is InChI=1S/C9H12BrNO.ClH/c10-8-3-1-2-7(6-8)9(11)4-5-12;/h1-3,6,9,12H,4-5,11H2;1H. The minimum Gasteiger partial charge on any atom is -0.396 e. The molecule has 0 fully saturated rings. The summed E-state index contributed by atoms with van der Waals surface area (Å²) in [6.07, 6.45) is 0.608. The molecular weight excluding hydrogens is 253 g/mol. The van der Waals surface area contributed by atoms with Crippen molar-refractivity contribution >= 4 is 28.3 Å². The van der Waals surface area contributed by atoms with Crippen LogP contribution in [-0.4, -0.2) is 11.7 Å². The third-order valence-electron chi connectivity index (χ3n) is 1.72. The molecule has 0 heterocycles. The average Bonchev–Trinajstić information content (AvgIpc) is 2.05. The third-order valence-corrected chi connectivity index (χ3v) is 2.21. The van der Waals surface area contributed by atoms with Gasteiger partial charge >= 0.3 is 0 Å². The van der Waals surface area contributed by atoms with E-state index in [2.05, 4.69) is 15.9 Å². The van der Waals surface area contributed by atoms with Crippen LogP contribution < -0.4 is 5.73 Å². The molecule has 1 aromatic carbocycles. The lowest BCUT2D eigenvalue weighted by molar-refractivity contribution is 0.276. The fraction of sp³-hybridized carbons (Fsp3) is 0.333. The number of aliphatic hydroxyl groups excluding tert-OH is 1. The van der Waals surface area contributed by atoms with Gasteiger partial charge in [-0.25, -0.2) is 0 Å². The summed E-state index contributed by atoms with van der Waals surface area (Å²) in [7, 11) is 0. The summed E-state index contributed by atoms with van der Waals surface area (Å²) < 4.78 is 1.02. The molecule has 0 saturated carbocycles. The zero-order chi connectivity index (χ0) is 8.97. The van der Waals surface area contributed by atoms with E-state index >= 15 is 0 Å². The quantitative estimate of drug-likeness (QED) is 0.881. The summed E-state index contributed by atoms with van der Waals surface area (Å²) in [5.74, 6) is 0. The van der Waals surface area contributed by atoms with E-state index in [4.69, 9.17) is 10.8 Å². The van der Waals surface area contributed by atoms with E-state index in [1.54, 1.807) is 0 Å². The first-order chi connectivity index (χ1) is 5.74. The van der Waals surface area contributed by atoms with Crippen molar-refractivity contribution in [3.63, 3.8) is 0 Å². The summed E-state index contributed by atoms with van der Waals surface area (Å²) in [5.41, 5.74) is 6.85. The number of hydrogen-bond donors (Lipinski definition) is 2. The van der Waals surface area contributed by atoms with Gasteiger partial charge in [0, 0.05) is 17.1 Å². The maximum Gasteiger partial charge on any atom is 0.0449 e. The molecule has 1 aromatic rings. The molecule has 2 nitrogen and oxygen atoms in total. The first-order valence-electron chi connectivity index (χ1n) is 3.86. The Morgan fingerprint density at radius 2 is 2.15 bits per heavy atom. The molecule has 13 heavy (non-hydrogen) atoms. The van der Waals surface area contributed by atoms with E-state index in [-0.39, 0.29) is 25.1 Å². The molecule has 74 valence electrons. The van der Waals surface area contributed by atoms with Crippen molar-refractivity contribution in [2.45, 2.75) is 12.5 Å². The van der Waals surface area contributed by atoms with E-state index in [0.717, 1.165) is 10.0 Å². The molecule has 0 aliphatic rings. The van der Waals surface area contributed by atoms with Gasteiger partial charge in [-0.05, 0) is 24.1 Å². The van der Waals surface area contributed by atoms with Crippen molar-refractivity contribution < 1.29 is 5.11 Å². The molecule has 0 spiro atoms. The molecule has 0 aliphatic heterocycles. The maximum absolute atomic E-state index is 8.68. The van der Waals surface area contributed by atoms with Crippen LogP contribution in [0.3, 0.4) is 0 Å². The lowest BCUT2D eigenvalue weighted by Gasteiger charge is -2.09. The molecule has 0 bridgehead atoms. The van der Waals surface area contributed by atoms with Gasteiger partial charge in [0.2, 0.25) is 0 Å². The van der Waals surface area contributed by atoms with Crippen LogP contribution in [0.25, 0.3) is 0 Å². The van der Waals surface area contributed by atoms with Crippen molar-refractivity contribution in [2.24, 2.45) is 5.73 Å². The lowest BCUT2D eigenvalue weighted by Crippen LogP contribution is -2.11. The molecule has 0 aliphatic carbocycles. The van der Waals surface area contributed by atoms with Crippen molar-refractivity contribution in [1.82, 2.24) is 0 Å². The molecule has 3 N–H and O–H groups in total. The average molecular weight is 267 g/mol. The van der Waals surface area contributed by atoms with Gasteiger partial charge in [-0.3, -0.25) is 0 Å². The van der Waals surface area contributed by atoms with Crippen molar-refractivity contribution in [2.75, 3.05) is 6.61 Å². The first-order valence-corrected chi connectivity index (χ1v) is 4.65. The highest BCUT2D eigenvalue weighted by atomic mass is 79.9. The number of halogens is 2. The van der Waals surface area contributed by atoms with Crippen LogP contribution in [0, 0.1) is 0 Å². The summed E-state index contributed by atoms with van der Waals surface area (Å²) in [6.45, 7) is 0.133. The van der Waals surface area contributed by atoms with E-state index in [1.165, 1.54) is 0 Å². The second-order valence-electron chi connectivity index (χ2n) is 2.67. The highest BCUT2D eigenvalue weighted by molar-refractivity contribution is 9.10. The van der Waals surface area contributed by atoms with Crippen LogP contribution >= 0.6 is 28.3 Å². The topological polar surface area (TPSA) is 46.2 Å². The van der Waals surface area contributed by atoms with Gasteiger partial charge in [0.25, 0.3) is 0 Å². The Morgan fingerprint density at radius 1 is 1.46 bits per heavy atom. The Hall–Kier alpha value is -0.0900. The van der Waals surface area contributed by atoms with Crippen molar-refractivity contribution in [3.8, 4) is 0 Å². The monoisotopic (exact) mass is 265 g/mol. The molecular formula is C9H13BrClNO. The first kappa shape index (κ1) is 12.9. The Labute approximate surface area is 92.7 Å². The van der Waals surface area contributed by atoms with Crippen LogP contribution in [0.1, 0.15) is 18.0 Å². The molecule has 0 radical (unpaired) electrons. The van der Waals surface area contributed by atoms with Crippen LogP contribution in [0.2, 0.25) is 0 Å².